The van der Waals surface area contributed by atoms with E-state index in [2.05, 4.69) is 4.98 Å². The van der Waals surface area contributed by atoms with Gasteiger partial charge in [0.2, 0.25) is 0 Å². The number of nitrogens with zero attached hydrogens (tertiary/aromatic N) is 1. The van der Waals surface area contributed by atoms with E-state index in [4.69, 9.17) is 0 Å². The molecule has 1 atom stereocenters. The maximum atomic E-state index is 10.5. The van der Waals surface area contributed by atoms with Gasteiger partial charge in [-0.3, -0.25) is 4.98 Å². The van der Waals surface area contributed by atoms with Crippen LogP contribution in [0, 0.1) is 6.92 Å². The zero-order chi connectivity index (χ0) is 13.2. The second-order valence-corrected chi connectivity index (χ2v) is 4.73. The zero-order valence-electron chi connectivity index (χ0n) is 10.7. The van der Waals surface area contributed by atoms with Gasteiger partial charge in [-0.05, 0) is 23.9 Å². The highest BCUT2D eigenvalue weighted by molar-refractivity contribution is 5.84. The van der Waals surface area contributed by atoms with Crippen LogP contribution in [0.2, 0.25) is 0 Å². The number of hydrogen-bond acceptors (Lipinski definition) is 2. The quantitative estimate of drug-likeness (QED) is 0.752. The molecular weight excluding hydrogens is 234 g/mol. The lowest BCUT2D eigenvalue weighted by molar-refractivity contribution is 0.217. The summed E-state index contributed by atoms with van der Waals surface area (Å²) in [5.41, 5.74) is 2.76. The van der Waals surface area contributed by atoms with Crippen LogP contribution < -0.4 is 0 Å². The fraction of sp³-hybridized carbons (Fsp3) is 0.118. The number of fused-ring (bicyclic) bond motifs is 1. The van der Waals surface area contributed by atoms with E-state index in [9.17, 15) is 5.11 Å². The molecule has 0 aliphatic carbocycles. The average molecular weight is 249 g/mol. The van der Waals surface area contributed by atoms with E-state index < -0.39 is 6.10 Å². The molecule has 0 unspecified atom stereocenters. The fourth-order valence-corrected chi connectivity index (χ4v) is 2.27. The first kappa shape index (κ1) is 11.9. The van der Waals surface area contributed by atoms with Crippen molar-refractivity contribution in [2.24, 2.45) is 0 Å². The van der Waals surface area contributed by atoms with Crippen LogP contribution in [0.4, 0.5) is 0 Å². The van der Waals surface area contributed by atoms with Crippen LogP contribution in [0.3, 0.4) is 0 Å². The Morgan fingerprint density at radius 1 is 0.947 bits per heavy atom. The largest absolute Gasteiger partial charge is 0.382 e. The predicted molar refractivity (Wildman–Crippen MR) is 77.0 cm³/mol. The molecule has 1 aromatic heterocycles. The monoisotopic (exact) mass is 249 g/mol. The smallest absolute Gasteiger partial charge is 0.122 e. The maximum absolute atomic E-state index is 10.5. The summed E-state index contributed by atoms with van der Waals surface area (Å²) < 4.78 is 0. The van der Waals surface area contributed by atoms with Crippen LogP contribution in [-0.4, -0.2) is 10.1 Å². The summed E-state index contributed by atoms with van der Waals surface area (Å²) >= 11 is 0. The van der Waals surface area contributed by atoms with E-state index in [1.54, 1.807) is 6.20 Å². The molecule has 0 aliphatic heterocycles. The van der Waals surface area contributed by atoms with Gasteiger partial charge in [-0.15, -0.1) is 0 Å². The lowest BCUT2D eigenvalue weighted by atomic mass is 10.0. The summed E-state index contributed by atoms with van der Waals surface area (Å²) in [6, 6.07) is 17.8. The number of hydrogen-bond donors (Lipinski definition) is 1. The first-order valence-corrected chi connectivity index (χ1v) is 6.34. The molecule has 3 aromatic rings. The Morgan fingerprint density at radius 3 is 2.47 bits per heavy atom. The molecule has 94 valence electrons. The van der Waals surface area contributed by atoms with Crippen LogP contribution in [0.5, 0.6) is 0 Å². The van der Waals surface area contributed by atoms with Gasteiger partial charge in [-0.2, -0.15) is 0 Å². The van der Waals surface area contributed by atoms with Crippen LogP contribution in [-0.2, 0) is 0 Å². The predicted octanol–water partition coefficient (Wildman–Crippen LogP) is 3.62. The van der Waals surface area contributed by atoms with Gasteiger partial charge in [0.15, 0.2) is 0 Å². The molecule has 0 fully saturated rings. The van der Waals surface area contributed by atoms with Gasteiger partial charge < -0.3 is 5.11 Å². The van der Waals surface area contributed by atoms with Crippen molar-refractivity contribution < 1.29 is 5.11 Å². The number of aliphatic hydroxyl groups excluding tert-OH is 1. The van der Waals surface area contributed by atoms with E-state index in [-0.39, 0.29) is 0 Å². The highest BCUT2D eigenvalue weighted by Crippen LogP contribution is 2.26. The van der Waals surface area contributed by atoms with E-state index >= 15 is 0 Å². The topological polar surface area (TPSA) is 33.1 Å². The van der Waals surface area contributed by atoms with Gasteiger partial charge in [0.1, 0.15) is 6.10 Å². The molecule has 0 aliphatic rings. The Labute approximate surface area is 112 Å². The molecule has 0 spiro atoms. The summed E-state index contributed by atoms with van der Waals surface area (Å²) in [6.45, 7) is 2.03. The second kappa shape index (κ2) is 4.82. The molecule has 1 N–H and O–H groups in total. The van der Waals surface area contributed by atoms with E-state index in [0.717, 1.165) is 16.3 Å². The molecule has 0 saturated heterocycles. The Balaban J connectivity index is 2.11. The fourth-order valence-electron chi connectivity index (χ4n) is 2.27. The minimum atomic E-state index is -0.688. The molecule has 0 radical (unpaired) electrons. The van der Waals surface area contributed by atoms with Crippen molar-refractivity contribution in [2.75, 3.05) is 0 Å². The molecule has 2 nitrogen and oxygen atoms in total. The summed E-state index contributed by atoms with van der Waals surface area (Å²) in [5, 5.41) is 12.6. The number of pyridine rings is 1. The molecular formula is C17H15NO. The normalized spacial score (nSPS) is 12.5. The van der Waals surface area contributed by atoms with Gasteiger partial charge in [-0.1, -0.05) is 54.1 Å². The van der Waals surface area contributed by atoms with Crippen LogP contribution >= 0.6 is 0 Å². The lowest BCUT2D eigenvalue weighted by Gasteiger charge is -2.13. The Morgan fingerprint density at radius 2 is 1.68 bits per heavy atom. The number of benzene rings is 2. The SMILES string of the molecule is Cc1ccc([C@H](O)c2nccc3ccccc23)cc1. The summed E-state index contributed by atoms with van der Waals surface area (Å²) in [7, 11) is 0. The first-order chi connectivity index (χ1) is 9.25. The molecule has 3 rings (SSSR count). The van der Waals surface area contributed by atoms with Gasteiger partial charge in [-0.25, -0.2) is 0 Å². The summed E-state index contributed by atoms with van der Waals surface area (Å²) in [5.74, 6) is 0. The Kier molecular flexibility index (Phi) is 3.02. The van der Waals surface area contributed by atoms with Crippen molar-refractivity contribution in [2.45, 2.75) is 13.0 Å². The van der Waals surface area contributed by atoms with Crippen molar-refractivity contribution >= 4 is 10.8 Å². The van der Waals surface area contributed by atoms with Gasteiger partial charge in [0.05, 0.1) is 5.69 Å². The number of aryl methyl sites for hydroxylation is 1. The molecule has 1 heterocycles. The maximum Gasteiger partial charge on any atom is 0.122 e. The molecule has 0 saturated carbocycles. The average Bonchev–Trinajstić information content (AvgIpc) is 2.47. The third-order valence-electron chi connectivity index (χ3n) is 3.36. The molecule has 0 amide bonds. The van der Waals surface area contributed by atoms with Crippen molar-refractivity contribution in [3.63, 3.8) is 0 Å². The van der Waals surface area contributed by atoms with Crippen LogP contribution in [0.15, 0.2) is 60.8 Å². The summed E-state index contributed by atoms with van der Waals surface area (Å²) in [4.78, 5) is 4.36. The standard InChI is InChI=1S/C17H15NO/c1-12-6-8-14(9-7-12)17(19)16-15-5-3-2-4-13(15)10-11-18-16/h2-11,17,19H,1H3/t17-/m0/s1. The minimum absolute atomic E-state index is 0.688. The molecule has 19 heavy (non-hydrogen) atoms. The van der Waals surface area contributed by atoms with Crippen molar-refractivity contribution in [1.29, 1.82) is 0 Å². The number of aliphatic hydroxyl groups is 1. The second-order valence-electron chi connectivity index (χ2n) is 4.73. The van der Waals surface area contributed by atoms with E-state index in [1.165, 1.54) is 5.56 Å². The third kappa shape index (κ3) is 2.23. The van der Waals surface area contributed by atoms with Gasteiger partial charge >= 0.3 is 0 Å². The first-order valence-electron chi connectivity index (χ1n) is 6.34. The highest BCUT2D eigenvalue weighted by Gasteiger charge is 2.14. The highest BCUT2D eigenvalue weighted by atomic mass is 16.3. The van der Waals surface area contributed by atoms with E-state index in [0.29, 0.717) is 5.69 Å². The Hall–Kier alpha value is -2.19. The number of rotatable bonds is 2. The van der Waals surface area contributed by atoms with Gasteiger partial charge in [0, 0.05) is 11.6 Å². The van der Waals surface area contributed by atoms with Crippen molar-refractivity contribution in [3.8, 4) is 0 Å². The molecule has 2 aromatic carbocycles. The van der Waals surface area contributed by atoms with Crippen molar-refractivity contribution in [1.82, 2.24) is 4.98 Å². The van der Waals surface area contributed by atoms with Gasteiger partial charge in [0.25, 0.3) is 0 Å². The summed E-state index contributed by atoms with van der Waals surface area (Å²) in [6.07, 6.45) is 1.06. The number of aromatic nitrogens is 1. The van der Waals surface area contributed by atoms with E-state index in [1.807, 2.05) is 61.5 Å². The Bertz CT molecular complexity index is 699. The molecule has 0 bridgehead atoms. The third-order valence-corrected chi connectivity index (χ3v) is 3.36. The van der Waals surface area contributed by atoms with Crippen LogP contribution in [0.25, 0.3) is 10.8 Å². The lowest BCUT2D eigenvalue weighted by Crippen LogP contribution is -2.03. The van der Waals surface area contributed by atoms with Crippen LogP contribution in [0.1, 0.15) is 22.9 Å². The zero-order valence-corrected chi connectivity index (χ0v) is 10.7. The minimum Gasteiger partial charge on any atom is -0.382 e. The van der Waals surface area contributed by atoms with Crippen molar-refractivity contribution in [3.05, 3.63) is 77.6 Å². The molecule has 2 heteroatoms.